The molecule has 3 saturated heterocycles. The minimum atomic E-state index is -0.165. The van der Waals surface area contributed by atoms with Crippen LogP contribution in [0.3, 0.4) is 0 Å². The van der Waals surface area contributed by atoms with E-state index in [0.717, 1.165) is 45.6 Å². The summed E-state index contributed by atoms with van der Waals surface area (Å²) in [6.07, 6.45) is 3.24. The molecule has 3 unspecified atom stereocenters. The molecule has 2 aliphatic carbocycles. The van der Waals surface area contributed by atoms with Crippen molar-refractivity contribution in [1.82, 2.24) is 14.7 Å². The highest BCUT2D eigenvalue weighted by molar-refractivity contribution is 5.82. The van der Waals surface area contributed by atoms with Crippen molar-refractivity contribution < 1.29 is 14.3 Å². The van der Waals surface area contributed by atoms with E-state index in [-0.39, 0.29) is 12.0 Å². The second kappa shape index (κ2) is 6.45. The number of nitrogens with zero attached hydrogens (tertiary/aromatic N) is 3. The van der Waals surface area contributed by atoms with Gasteiger partial charge in [-0.05, 0) is 50.9 Å². The van der Waals surface area contributed by atoms with Crippen LogP contribution < -0.4 is 0 Å². The van der Waals surface area contributed by atoms with Crippen LogP contribution in [-0.4, -0.2) is 78.6 Å². The molecule has 5 rings (SSSR count). The first kappa shape index (κ1) is 17.1. The molecule has 6 heteroatoms. The normalized spacial score (nSPS) is 39.2. The van der Waals surface area contributed by atoms with Gasteiger partial charge < -0.3 is 14.5 Å². The third-order valence-electron chi connectivity index (χ3n) is 7.26. The number of amides is 2. The fourth-order valence-corrected chi connectivity index (χ4v) is 5.82. The molecule has 0 N–H and O–H groups in total. The fraction of sp³-hybridized carbons (Fsp3) is 0.895. The zero-order valence-electron chi connectivity index (χ0n) is 15.7. The smallest absolute Gasteiger partial charge is 0.409 e. The van der Waals surface area contributed by atoms with Gasteiger partial charge in [-0.15, -0.1) is 0 Å². The van der Waals surface area contributed by atoms with E-state index in [1.807, 2.05) is 9.80 Å². The van der Waals surface area contributed by atoms with E-state index in [0.29, 0.717) is 35.7 Å². The Labute approximate surface area is 150 Å². The number of fused-ring (bicyclic) bond motifs is 4. The molecule has 0 aromatic heterocycles. The van der Waals surface area contributed by atoms with Crippen LogP contribution in [0.1, 0.15) is 33.1 Å². The van der Waals surface area contributed by atoms with Crippen molar-refractivity contribution in [3.05, 3.63) is 0 Å². The predicted molar refractivity (Wildman–Crippen MR) is 94.0 cm³/mol. The number of hydrogen-bond acceptors (Lipinski definition) is 4. The van der Waals surface area contributed by atoms with E-state index in [4.69, 9.17) is 4.74 Å². The Morgan fingerprint density at radius 1 is 1.08 bits per heavy atom. The molecule has 140 valence electrons. The van der Waals surface area contributed by atoms with Gasteiger partial charge in [0.1, 0.15) is 0 Å². The Morgan fingerprint density at radius 2 is 1.76 bits per heavy atom. The largest absolute Gasteiger partial charge is 0.453 e. The summed E-state index contributed by atoms with van der Waals surface area (Å²) in [6.45, 7) is 8.78. The molecule has 0 radical (unpaired) electrons. The lowest BCUT2D eigenvalue weighted by Gasteiger charge is -2.51. The SMILES string of the molecule is CCN(CC)C(=O)[C@H]1[C@@H]2CN(C3CC4CCC3CN4C(=O)OC)C[C@@H]21. The highest BCUT2D eigenvalue weighted by atomic mass is 16.5. The Morgan fingerprint density at radius 3 is 2.28 bits per heavy atom. The van der Waals surface area contributed by atoms with Crippen LogP contribution in [0.2, 0.25) is 0 Å². The quantitative estimate of drug-likeness (QED) is 0.774. The first-order valence-corrected chi connectivity index (χ1v) is 9.96. The fourth-order valence-electron chi connectivity index (χ4n) is 5.82. The van der Waals surface area contributed by atoms with Gasteiger partial charge in [0, 0.05) is 50.7 Å². The van der Waals surface area contributed by atoms with Crippen molar-refractivity contribution in [2.45, 2.75) is 45.2 Å². The average Bonchev–Trinajstić information content (AvgIpc) is 3.15. The molecule has 0 aromatic carbocycles. The standard InChI is InChI=1S/C19H31N3O3/c1-4-20(5-2)18(23)17-14-10-21(11-15(14)17)16-8-13-7-6-12(16)9-22(13)19(24)25-3/h12-17H,4-11H2,1-3H3/t12?,13?,14-,15+,16?,17+. The number of carbonyl (C=O) groups is 2. The van der Waals surface area contributed by atoms with E-state index in [1.54, 1.807) is 0 Å². The van der Waals surface area contributed by atoms with Gasteiger partial charge in [0.15, 0.2) is 0 Å². The number of ether oxygens (including phenoxy) is 1. The molecule has 2 bridgehead atoms. The number of rotatable bonds is 4. The molecule has 5 aliphatic rings. The predicted octanol–water partition coefficient (Wildman–Crippen LogP) is 1.65. The molecule has 2 amide bonds. The van der Waals surface area contributed by atoms with E-state index in [1.165, 1.54) is 13.5 Å². The van der Waals surface area contributed by atoms with Crippen molar-refractivity contribution in [2.24, 2.45) is 23.7 Å². The summed E-state index contributed by atoms with van der Waals surface area (Å²) < 4.78 is 4.94. The van der Waals surface area contributed by atoms with Crippen molar-refractivity contribution in [3.8, 4) is 0 Å². The molecule has 5 fully saturated rings. The van der Waals surface area contributed by atoms with E-state index in [9.17, 15) is 9.59 Å². The maximum atomic E-state index is 12.6. The first-order valence-electron chi connectivity index (χ1n) is 9.96. The second-order valence-electron chi connectivity index (χ2n) is 8.23. The molecule has 6 atom stereocenters. The minimum absolute atomic E-state index is 0.165. The van der Waals surface area contributed by atoms with Gasteiger partial charge in [-0.1, -0.05) is 0 Å². The maximum Gasteiger partial charge on any atom is 0.409 e. The van der Waals surface area contributed by atoms with Crippen molar-refractivity contribution in [3.63, 3.8) is 0 Å². The summed E-state index contributed by atoms with van der Waals surface area (Å²) in [6, 6.07) is 0.934. The minimum Gasteiger partial charge on any atom is -0.453 e. The lowest BCUT2D eigenvalue weighted by Crippen LogP contribution is -2.60. The molecule has 0 aromatic rings. The molecule has 0 spiro atoms. The summed E-state index contributed by atoms with van der Waals surface area (Å²) in [5.74, 6) is 2.37. The summed E-state index contributed by atoms with van der Waals surface area (Å²) in [4.78, 5) is 31.1. The highest BCUT2D eigenvalue weighted by Gasteiger charge is 2.61. The van der Waals surface area contributed by atoms with Gasteiger partial charge >= 0.3 is 6.09 Å². The van der Waals surface area contributed by atoms with Gasteiger partial charge in [-0.2, -0.15) is 0 Å². The van der Waals surface area contributed by atoms with Crippen molar-refractivity contribution >= 4 is 12.0 Å². The number of hydrogen-bond donors (Lipinski definition) is 0. The number of piperidine rings is 3. The Hall–Kier alpha value is -1.30. The molecule has 6 nitrogen and oxygen atoms in total. The molecule has 2 saturated carbocycles. The van der Waals surface area contributed by atoms with Crippen LogP contribution in [0, 0.1) is 23.7 Å². The lowest BCUT2D eigenvalue weighted by molar-refractivity contribution is -0.133. The van der Waals surface area contributed by atoms with Crippen LogP contribution in [-0.2, 0) is 9.53 Å². The zero-order chi connectivity index (χ0) is 17.7. The molecular formula is C19H31N3O3. The van der Waals surface area contributed by atoms with Crippen LogP contribution in [0.15, 0.2) is 0 Å². The van der Waals surface area contributed by atoms with Crippen LogP contribution >= 0.6 is 0 Å². The molecular weight excluding hydrogens is 318 g/mol. The Bertz CT molecular complexity index is 538. The Balaban J connectivity index is 1.34. The topological polar surface area (TPSA) is 53.1 Å². The van der Waals surface area contributed by atoms with Crippen molar-refractivity contribution in [1.29, 1.82) is 0 Å². The van der Waals surface area contributed by atoms with Crippen molar-refractivity contribution in [2.75, 3.05) is 39.8 Å². The molecule has 3 heterocycles. The van der Waals surface area contributed by atoms with Crippen LogP contribution in [0.25, 0.3) is 0 Å². The zero-order valence-corrected chi connectivity index (χ0v) is 15.7. The number of carbonyl (C=O) groups excluding carboxylic acids is 2. The number of likely N-dealkylation sites (tertiary alicyclic amines) is 1. The van der Waals surface area contributed by atoms with E-state index >= 15 is 0 Å². The van der Waals surface area contributed by atoms with Crippen LogP contribution in [0.4, 0.5) is 4.79 Å². The summed E-state index contributed by atoms with van der Waals surface area (Å²) >= 11 is 0. The van der Waals surface area contributed by atoms with Gasteiger partial charge in [0.2, 0.25) is 5.91 Å². The van der Waals surface area contributed by atoms with E-state index in [2.05, 4.69) is 18.7 Å². The molecule has 25 heavy (non-hydrogen) atoms. The molecule has 3 aliphatic heterocycles. The maximum absolute atomic E-state index is 12.6. The van der Waals surface area contributed by atoms with Gasteiger partial charge in [0.25, 0.3) is 0 Å². The summed E-state index contributed by atoms with van der Waals surface area (Å²) in [7, 11) is 1.48. The Kier molecular flexibility index (Phi) is 4.42. The average molecular weight is 349 g/mol. The van der Waals surface area contributed by atoms with Gasteiger partial charge in [0.05, 0.1) is 7.11 Å². The third kappa shape index (κ3) is 2.73. The third-order valence-corrected chi connectivity index (χ3v) is 7.26. The van der Waals surface area contributed by atoms with Crippen LogP contribution in [0.5, 0.6) is 0 Å². The second-order valence-corrected chi connectivity index (χ2v) is 8.23. The van der Waals surface area contributed by atoms with Gasteiger partial charge in [-0.25, -0.2) is 4.79 Å². The monoisotopic (exact) mass is 349 g/mol. The summed E-state index contributed by atoms with van der Waals surface area (Å²) in [5.41, 5.74) is 0. The van der Waals surface area contributed by atoms with Gasteiger partial charge in [-0.3, -0.25) is 9.69 Å². The number of methoxy groups -OCH3 is 1. The first-order chi connectivity index (χ1) is 12.1. The summed E-state index contributed by atoms with van der Waals surface area (Å²) in [5, 5.41) is 0. The highest BCUT2D eigenvalue weighted by Crippen LogP contribution is 2.54. The van der Waals surface area contributed by atoms with E-state index < -0.39 is 0 Å². The lowest BCUT2D eigenvalue weighted by atomic mass is 9.75.